The van der Waals surface area contributed by atoms with Crippen molar-refractivity contribution >= 4 is 21.8 Å². The van der Waals surface area contributed by atoms with Crippen LogP contribution in [0.4, 0.5) is 0 Å². The van der Waals surface area contributed by atoms with Crippen LogP contribution in [0.25, 0.3) is 0 Å². The molecule has 27 heavy (non-hydrogen) atoms. The number of nitrogens with zero attached hydrogens (tertiary/aromatic N) is 1. The minimum absolute atomic E-state index is 0.0124. The van der Waals surface area contributed by atoms with Crippen LogP contribution in [-0.4, -0.2) is 15.0 Å². The van der Waals surface area contributed by atoms with Gasteiger partial charge in [-0.2, -0.15) is 5.26 Å². The smallest absolute Gasteiger partial charge is 0.210 e. The van der Waals surface area contributed by atoms with E-state index in [1.54, 1.807) is 11.8 Å². The maximum atomic E-state index is 12.7. The van der Waals surface area contributed by atoms with E-state index in [4.69, 9.17) is 5.26 Å². The Bertz CT molecular complexity index is 1030. The van der Waals surface area contributed by atoms with Crippen LogP contribution in [0, 0.1) is 18.3 Å². The van der Waals surface area contributed by atoms with Crippen molar-refractivity contribution in [3.8, 4) is 6.07 Å². The van der Waals surface area contributed by atoms with Gasteiger partial charge in [0.25, 0.3) is 0 Å². The average Bonchev–Trinajstić information content (AvgIpc) is 3.13. The van der Waals surface area contributed by atoms with Gasteiger partial charge in [0.15, 0.2) is 0 Å². The summed E-state index contributed by atoms with van der Waals surface area (Å²) < 4.78 is 28.0. The molecular formula is C21H22N2O2S2. The summed E-state index contributed by atoms with van der Waals surface area (Å²) >= 11 is 1.67. The first-order chi connectivity index (χ1) is 13.0. The molecule has 4 nitrogen and oxygen atoms in total. The van der Waals surface area contributed by atoms with Gasteiger partial charge in [-0.05, 0) is 48.6 Å². The van der Waals surface area contributed by atoms with E-state index in [1.807, 2.05) is 19.1 Å². The second-order valence-electron chi connectivity index (χ2n) is 7.31. The standard InChI is InChI=1S/C21H22N2O2S2/c1-15-13-17-19(14-20(15)27(24,25)23-12-6-11-22)26-18-8-3-2-7-16(18)21(17)9-4-5-10-21/h2-3,7-8,13-14,23H,4-6,9-10,12H2,1H3. The quantitative estimate of drug-likeness (QED) is 0.769. The molecule has 1 aliphatic heterocycles. The van der Waals surface area contributed by atoms with E-state index in [9.17, 15) is 8.42 Å². The number of nitriles is 1. The van der Waals surface area contributed by atoms with Crippen LogP contribution in [-0.2, 0) is 15.4 Å². The van der Waals surface area contributed by atoms with Gasteiger partial charge in [-0.25, -0.2) is 13.1 Å². The monoisotopic (exact) mass is 398 g/mol. The van der Waals surface area contributed by atoms with Crippen molar-refractivity contribution in [1.29, 1.82) is 5.26 Å². The van der Waals surface area contributed by atoms with Crippen molar-refractivity contribution in [1.82, 2.24) is 4.72 Å². The molecule has 0 bridgehead atoms. The number of nitrogens with one attached hydrogen (secondary N) is 1. The molecule has 2 aliphatic rings. The molecule has 6 heteroatoms. The third-order valence-electron chi connectivity index (χ3n) is 5.69. The number of hydrogen-bond acceptors (Lipinski definition) is 4. The highest BCUT2D eigenvalue weighted by atomic mass is 32.2. The molecule has 0 saturated heterocycles. The number of sulfonamides is 1. The second-order valence-corrected chi connectivity index (χ2v) is 10.1. The Kier molecular flexibility index (Phi) is 4.79. The van der Waals surface area contributed by atoms with E-state index >= 15 is 0 Å². The third kappa shape index (κ3) is 3.08. The molecule has 1 saturated carbocycles. The molecule has 1 aliphatic carbocycles. The SMILES string of the molecule is Cc1cc2c(cc1S(=O)(=O)NCCC#N)Sc1ccccc1C21CCCC1. The Morgan fingerprint density at radius 3 is 2.63 bits per heavy atom. The van der Waals surface area contributed by atoms with E-state index in [0.717, 1.165) is 23.3 Å². The zero-order chi connectivity index (χ0) is 19.1. The first-order valence-electron chi connectivity index (χ1n) is 9.27. The molecule has 1 spiro atoms. The topological polar surface area (TPSA) is 70.0 Å². The van der Waals surface area contributed by atoms with Gasteiger partial charge in [0.05, 0.1) is 11.0 Å². The van der Waals surface area contributed by atoms with Gasteiger partial charge in [-0.3, -0.25) is 0 Å². The van der Waals surface area contributed by atoms with E-state index in [2.05, 4.69) is 35.1 Å². The van der Waals surface area contributed by atoms with Gasteiger partial charge >= 0.3 is 0 Å². The van der Waals surface area contributed by atoms with Crippen LogP contribution in [0.1, 0.15) is 48.8 Å². The minimum atomic E-state index is -3.62. The van der Waals surface area contributed by atoms with Crippen LogP contribution in [0.2, 0.25) is 0 Å². The first-order valence-corrected chi connectivity index (χ1v) is 11.6. The maximum Gasteiger partial charge on any atom is 0.240 e. The Labute approximate surface area is 165 Å². The number of hydrogen-bond donors (Lipinski definition) is 1. The lowest BCUT2D eigenvalue weighted by molar-refractivity contribution is 0.509. The van der Waals surface area contributed by atoms with Gasteiger partial charge in [0, 0.05) is 28.2 Å². The van der Waals surface area contributed by atoms with Crippen molar-refractivity contribution in [3.63, 3.8) is 0 Å². The molecular weight excluding hydrogens is 376 g/mol. The Hall–Kier alpha value is -1.81. The Balaban J connectivity index is 1.83. The number of fused-ring (bicyclic) bond motifs is 4. The van der Waals surface area contributed by atoms with Gasteiger partial charge in [-0.1, -0.05) is 48.9 Å². The predicted molar refractivity (Wildman–Crippen MR) is 106 cm³/mol. The summed E-state index contributed by atoms with van der Waals surface area (Å²) in [6.45, 7) is 2.00. The van der Waals surface area contributed by atoms with Crippen molar-refractivity contribution in [2.24, 2.45) is 0 Å². The normalized spacial score (nSPS) is 17.3. The van der Waals surface area contributed by atoms with E-state index in [1.165, 1.54) is 28.9 Å². The number of benzene rings is 2. The van der Waals surface area contributed by atoms with E-state index in [-0.39, 0.29) is 18.4 Å². The third-order valence-corrected chi connectivity index (χ3v) is 8.43. The summed E-state index contributed by atoms with van der Waals surface area (Å²) in [4.78, 5) is 2.60. The molecule has 1 heterocycles. The maximum absolute atomic E-state index is 12.7. The largest absolute Gasteiger partial charge is 0.240 e. The van der Waals surface area contributed by atoms with Crippen molar-refractivity contribution in [3.05, 3.63) is 53.1 Å². The summed E-state index contributed by atoms with van der Waals surface area (Å²) in [5.74, 6) is 0. The zero-order valence-corrected chi connectivity index (χ0v) is 16.9. The molecule has 0 aromatic heterocycles. The lowest BCUT2D eigenvalue weighted by atomic mass is 9.72. The fourth-order valence-corrected chi connectivity index (χ4v) is 7.12. The van der Waals surface area contributed by atoms with Crippen molar-refractivity contribution in [2.45, 2.75) is 59.1 Å². The molecule has 0 amide bonds. The molecule has 140 valence electrons. The fraction of sp³-hybridized carbons (Fsp3) is 0.381. The fourth-order valence-electron chi connectivity index (χ4n) is 4.47. The molecule has 0 radical (unpaired) electrons. The van der Waals surface area contributed by atoms with Crippen LogP contribution < -0.4 is 4.72 Å². The second kappa shape index (κ2) is 6.97. The van der Waals surface area contributed by atoms with Gasteiger partial charge in [0.1, 0.15) is 0 Å². The predicted octanol–water partition coefficient (Wildman–Crippen LogP) is 4.51. The zero-order valence-electron chi connectivity index (χ0n) is 15.3. The Morgan fingerprint density at radius 2 is 1.89 bits per heavy atom. The lowest BCUT2D eigenvalue weighted by Crippen LogP contribution is -2.29. The van der Waals surface area contributed by atoms with Crippen LogP contribution >= 0.6 is 11.8 Å². The van der Waals surface area contributed by atoms with Crippen LogP contribution in [0.3, 0.4) is 0 Å². The highest BCUT2D eigenvalue weighted by Gasteiger charge is 2.43. The van der Waals surface area contributed by atoms with E-state index < -0.39 is 10.0 Å². The molecule has 4 rings (SSSR count). The first kappa shape index (κ1) is 18.5. The summed E-state index contributed by atoms with van der Waals surface area (Å²) in [7, 11) is -3.62. The van der Waals surface area contributed by atoms with Gasteiger partial charge in [0.2, 0.25) is 10.0 Å². The molecule has 2 aromatic rings. The number of aryl methyl sites for hydroxylation is 1. The summed E-state index contributed by atoms with van der Waals surface area (Å²) in [6.07, 6.45) is 4.79. The van der Waals surface area contributed by atoms with Crippen LogP contribution in [0.15, 0.2) is 51.1 Å². The van der Waals surface area contributed by atoms with Crippen LogP contribution in [0.5, 0.6) is 0 Å². The molecule has 1 N–H and O–H groups in total. The molecule has 1 fully saturated rings. The molecule has 0 atom stereocenters. The summed E-state index contributed by atoms with van der Waals surface area (Å²) in [5, 5.41) is 8.67. The van der Waals surface area contributed by atoms with Gasteiger partial charge < -0.3 is 0 Å². The van der Waals surface area contributed by atoms with Crippen molar-refractivity contribution in [2.75, 3.05) is 6.54 Å². The van der Waals surface area contributed by atoms with E-state index in [0.29, 0.717) is 4.90 Å². The highest BCUT2D eigenvalue weighted by Crippen LogP contribution is 2.56. The minimum Gasteiger partial charge on any atom is -0.210 e. The average molecular weight is 399 g/mol. The summed E-state index contributed by atoms with van der Waals surface area (Å²) in [6, 6.07) is 14.4. The van der Waals surface area contributed by atoms with Crippen molar-refractivity contribution < 1.29 is 8.42 Å². The highest BCUT2D eigenvalue weighted by molar-refractivity contribution is 7.99. The molecule has 2 aromatic carbocycles. The van der Waals surface area contributed by atoms with Gasteiger partial charge in [-0.15, -0.1) is 0 Å². The number of rotatable bonds is 4. The Morgan fingerprint density at radius 1 is 1.15 bits per heavy atom. The lowest BCUT2D eigenvalue weighted by Gasteiger charge is -2.38. The molecule has 0 unspecified atom stereocenters. The summed E-state index contributed by atoms with van der Waals surface area (Å²) in [5.41, 5.74) is 3.45.